The summed E-state index contributed by atoms with van der Waals surface area (Å²) in [5.41, 5.74) is 4.29. The fourth-order valence-corrected chi connectivity index (χ4v) is 3.14. The summed E-state index contributed by atoms with van der Waals surface area (Å²) in [5, 5.41) is 3.09. The highest BCUT2D eigenvalue weighted by Crippen LogP contribution is 2.27. The van der Waals surface area contributed by atoms with Crippen LogP contribution in [0, 0.1) is 0 Å². The molecule has 0 aliphatic heterocycles. The van der Waals surface area contributed by atoms with Gasteiger partial charge in [-0.25, -0.2) is 0 Å². The topological polar surface area (TPSA) is 32.3 Å². The van der Waals surface area contributed by atoms with Gasteiger partial charge in [0.1, 0.15) is 0 Å². The van der Waals surface area contributed by atoms with Gasteiger partial charge >= 0.3 is 0 Å². The number of para-hydroxylation sites is 1. The van der Waals surface area contributed by atoms with Crippen LogP contribution in [0.3, 0.4) is 0 Å². The minimum Gasteiger partial charge on any atom is -0.324 e. The third kappa shape index (κ3) is 5.53. The second kappa shape index (κ2) is 9.70. The molecule has 3 aromatic rings. The number of rotatable bonds is 8. The van der Waals surface area contributed by atoms with Crippen LogP contribution in [0.4, 0.5) is 5.69 Å². The summed E-state index contributed by atoms with van der Waals surface area (Å²) < 4.78 is 0. The highest BCUT2D eigenvalue weighted by Gasteiger charge is 2.12. The van der Waals surface area contributed by atoms with E-state index in [1.165, 1.54) is 5.56 Å². The third-order valence-electron chi connectivity index (χ3n) is 4.66. The van der Waals surface area contributed by atoms with E-state index in [-0.39, 0.29) is 5.91 Å². The van der Waals surface area contributed by atoms with Crippen LogP contribution in [-0.4, -0.2) is 30.4 Å². The number of carbonyl (C=O) groups excluding carboxylic acids is 1. The molecule has 0 atom stereocenters. The summed E-state index contributed by atoms with van der Waals surface area (Å²) in [7, 11) is 0. The van der Waals surface area contributed by atoms with E-state index in [2.05, 4.69) is 53.5 Å². The molecular formula is C24H26N2O. The van der Waals surface area contributed by atoms with Gasteiger partial charge in [-0.3, -0.25) is 9.69 Å². The van der Waals surface area contributed by atoms with E-state index in [0.717, 1.165) is 36.3 Å². The van der Waals surface area contributed by atoms with Crippen molar-refractivity contribution in [1.29, 1.82) is 0 Å². The molecule has 138 valence electrons. The molecule has 0 unspecified atom stereocenters. The zero-order valence-electron chi connectivity index (χ0n) is 15.8. The monoisotopic (exact) mass is 358 g/mol. The summed E-state index contributed by atoms with van der Waals surface area (Å²) in [5.74, 6) is 0.0216. The van der Waals surface area contributed by atoms with Gasteiger partial charge in [-0.2, -0.15) is 0 Å². The summed E-state index contributed by atoms with van der Waals surface area (Å²) in [6, 6.07) is 28.5. The largest absolute Gasteiger partial charge is 0.324 e. The molecular weight excluding hydrogens is 332 g/mol. The first-order valence-corrected chi connectivity index (χ1v) is 9.47. The number of nitrogens with zero attached hydrogens (tertiary/aromatic N) is 1. The standard InChI is InChI=1S/C24H26N2O/c1-2-26(18-17-20-11-5-3-6-12-20)19-24(27)25-23-16-10-9-15-22(23)21-13-7-4-8-14-21/h3-16H,2,17-19H2,1H3,(H,25,27). The van der Waals surface area contributed by atoms with Crippen molar-refractivity contribution in [3.63, 3.8) is 0 Å². The molecule has 0 radical (unpaired) electrons. The third-order valence-corrected chi connectivity index (χ3v) is 4.66. The number of carbonyl (C=O) groups is 1. The predicted molar refractivity (Wildman–Crippen MR) is 113 cm³/mol. The van der Waals surface area contributed by atoms with Crippen LogP contribution in [0.1, 0.15) is 12.5 Å². The molecule has 0 saturated carbocycles. The van der Waals surface area contributed by atoms with E-state index in [1.54, 1.807) is 0 Å². The maximum absolute atomic E-state index is 12.6. The van der Waals surface area contributed by atoms with Crippen molar-refractivity contribution < 1.29 is 4.79 Å². The van der Waals surface area contributed by atoms with Crippen molar-refractivity contribution in [3.8, 4) is 11.1 Å². The van der Waals surface area contributed by atoms with Gasteiger partial charge in [0.05, 0.1) is 6.54 Å². The lowest BCUT2D eigenvalue weighted by molar-refractivity contribution is -0.117. The Labute approximate surface area is 161 Å². The van der Waals surface area contributed by atoms with Crippen LogP contribution in [0.5, 0.6) is 0 Å². The fourth-order valence-electron chi connectivity index (χ4n) is 3.14. The molecule has 3 rings (SSSR count). The molecule has 27 heavy (non-hydrogen) atoms. The molecule has 1 N–H and O–H groups in total. The number of hydrogen-bond donors (Lipinski definition) is 1. The molecule has 0 aliphatic carbocycles. The lowest BCUT2D eigenvalue weighted by atomic mass is 10.0. The average molecular weight is 358 g/mol. The van der Waals surface area contributed by atoms with Gasteiger partial charge in [-0.15, -0.1) is 0 Å². The first-order valence-electron chi connectivity index (χ1n) is 9.47. The second-order valence-corrected chi connectivity index (χ2v) is 6.56. The van der Waals surface area contributed by atoms with Crippen molar-refractivity contribution in [2.24, 2.45) is 0 Å². The summed E-state index contributed by atoms with van der Waals surface area (Å²) in [4.78, 5) is 14.8. The molecule has 0 spiro atoms. The SMILES string of the molecule is CCN(CCc1ccccc1)CC(=O)Nc1ccccc1-c1ccccc1. The number of anilines is 1. The minimum atomic E-state index is 0.0216. The lowest BCUT2D eigenvalue weighted by Gasteiger charge is -2.20. The predicted octanol–water partition coefficient (Wildman–Crippen LogP) is 4.86. The Morgan fingerprint density at radius 3 is 2.19 bits per heavy atom. The second-order valence-electron chi connectivity index (χ2n) is 6.56. The zero-order valence-corrected chi connectivity index (χ0v) is 15.8. The van der Waals surface area contributed by atoms with Gasteiger partial charge in [0.2, 0.25) is 5.91 Å². The fraction of sp³-hybridized carbons (Fsp3) is 0.208. The molecule has 0 aromatic heterocycles. The smallest absolute Gasteiger partial charge is 0.238 e. The van der Waals surface area contributed by atoms with E-state index in [1.807, 2.05) is 48.5 Å². The average Bonchev–Trinajstić information content (AvgIpc) is 2.73. The Morgan fingerprint density at radius 1 is 0.852 bits per heavy atom. The van der Waals surface area contributed by atoms with Gasteiger partial charge in [0.25, 0.3) is 0 Å². The molecule has 3 nitrogen and oxygen atoms in total. The molecule has 1 amide bonds. The van der Waals surface area contributed by atoms with Crippen LogP contribution >= 0.6 is 0 Å². The quantitative estimate of drug-likeness (QED) is 0.624. The summed E-state index contributed by atoms with van der Waals surface area (Å²) >= 11 is 0. The molecule has 0 saturated heterocycles. The number of likely N-dealkylation sites (N-methyl/N-ethyl adjacent to an activating group) is 1. The van der Waals surface area contributed by atoms with E-state index in [9.17, 15) is 4.79 Å². The van der Waals surface area contributed by atoms with Crippen molar-refractivity contribution in [3.05, 3.63) is 90.5 Å². The maximum atomic E-state index is 12.6. The number of benzene rings is 3. The zero-order chi connectivity index (χ0) is 18.9. The van der Waals surface area contributed by atoms with Crippen LogP contribution in [0.15, 0.2) is 84.9 Å². The van der Waals surface area contributed by atoms with Crippen LogP contribution in [0.2, 0.25) is 0 Å². The van der Waals surface area contributed by atoms with Crippen molar-refractivity contribution in [1.82, 2.24) is 4.90 Å². The number of amides is 1. The molecule has 3 aromatic carbocycles. The van der Waals surface area contributed by atoms with Crippen molar-refractivity contribution in [2.45, 2.75) is 13.3 Å². The normalized spacial score (nSPS) is 10.7. The van der Waals surface area contributed by atoms with E-state index >= 15 is 0 Å². The Kier molecular flexibility index (Phi) is 6.78. The Hall–Kier alpha value is -2.91. The van der Waals surface area contributed by atoms with Gasteiger partial charge < -0.3 is 5.32 Å². The molecule has 0 fully saturated rings. The van der Waals surface area contributed by atoms with E-state index < -0.39 is 0 Å². The van der Waals surface area contributed by atoms with E-state index in [0.29, 0.717) is 6.54 Å². The van der Waals surface area contributed by atoms with Gasteiger partial charge in [-0.05, 0) is 30.2 Å². The van der Waals surface area contributed by atoms with Gasteiger partial charge in [0.15, 0.2) is 0 Å². The number of hydrogen-bond acceptors (Lipinski definition) is 2. The summed E-state index contributed by atoms with van der Waals surface area (Å²) in [6.45, 7) is 4.21. The maximum Gasteiger partial charge on any atom is 0.238 e. The highest BCUT2D eigenvalue weighted by molar-refractivity contribution is 5.96. The highest BCUT2D eigenvalue weighted by atomic mass is 16.2. The minimum absolute atomic E-state index is 0.0216. The Balaban J connectivity index is 1.62. The van der Waals surface area contributed by atoms with Crippen LogP contribution < -0.4 is 5.32 Å². The first-order chi connectivity index (χ1) is 13.3. The van der Waals surface area contributed by atoms with Crippen molar-refractivity contribution in [2.75, 3.05) is 25.0 Å². The molecule has 0 heterocycles. The molecule has 0 aliphatic rings. The number of nitrogens with one attached hydrogen (secondary N) is 1. The Bertz CT molecular complexity index is 847. The molecule has 0 bridgehead atoms. The van der Waals surface area contributed by atoms with Gasteiger partial charge in [-0.1, -0.05) is 85.8 Å². The Morgan fingerprint density at radius 2 is 1.48 bits per heavy atom. The summed E-state index contributed by atoms with van der Waals surface area (Å²) in [6.07, 6.45) is 0.947. The first kappa shape index (κ1) is 18.9. The van der Waals surface area contributed by atoms with Crippen molar-refractivity contribution >= 4 is 11.6 Å². The van der Waals surface area contributed by atoms with Crippen LogP contribution in [0.25, 0.3) is 11.1 Å². The van der Waals surface area contributed by atoms with E-state index in [4.69, 9.17) is 0 Å². The van der Waals surface area contributed by atoms with Crippen LogP contribution in [-0.2, 0) is 11.2 Å². The molecule has 3 heteroatoms. The lowest BCUT2D eigenvalue weighted by Crippen LogP contribution is -2.34. The van der Waals surface area contributed by atoms with Gasteiger partial charge in [0, 0.05) is 17.8 Å².